The Morgan fingerprint density at radius 1 is 0.966 bits per heavy atom. The van der Waals surface area contributed by atoms with Crippen LogP contribution in [0.5, 0.6) is 0 Å². The largest absolute Gasteiger partial charge is 0.296 e. The lowest BCUT2D eigenvalue weighted by Crippen LogP contribution is -2.12. The summed E-state index contributed by atoms with van der Waals surface area (Å²) >= 11 is 6.86. The molecule has 0 fully saturated rings. The number of rotatable bonds is 5. The van der Waals surface area contributed by atoms with E-state index in [2.05, 4.69) is 15.5 Å². The van der Waals surface area contributed by atoms with Crippen LogP contribution in [0.3, 0.4) is 0 Å². The van der Waals surface area contributed by atoms with Crippen LogP contribution >= 0.6 is 22.9 Å². The van der Waals surface area contributed by atoms with Crippen LogP contribution in [0.15, 0.2) is 71.1 Å². The number of carbonyl (C=O) groups excluding carboxylic acids is 1. The summed E-state index contributed by atoms with van der Waals surface area (Å²) in [4.78, 5) is 12.7. The highest BCUT2D eigenvalue weighted by molar-refractivity contribution is 7.92. The van der Waals surface area contributed by atoms with Gasteiger partial charge in [-0.3, -0.25) is 10.1 Å². The summed E-state index contributed by atoms with van der Waals surface area (Å²) in [5, 5.41) is 12.4. The molecule has 0 unspecified atom stereocenters. The second kappa shape index (κ2) is 7.90. The van der Waals surface area contributed by atoms with Gasteiger partial charge in [0, 0.05) is 10.6 Å². The van der Waals surface area contributed by atoms with Crippen molar-refractivity contribution in [3.05, 3.63) is 82.9 Å². The first-order valence-corrected chi connectivity index (χ1v) is 11.4. The second-order valence-electron chi connectivity index (χ2n) is 6.20. The molecule has 0 spiro atoms. The number of fused-ring (bicyclic) bond motifs is 1. The van der Waals surface area contributed by atoms with Gasteiger partial charge in [0.25, 0.3) is 5.91 Å². The molecule has 0 saturated carbocycles. The van der Waals surface area contributed by atoms with E-state index >= 15 is 0 Å². The Balaban J connectivity index is 1.56. The van der Waals surface area contributed by atoms with Crippen LogP contribution in [-0.4, -0.2) is 24.5 Å². The van der Waals surface area contributed by atoms with E-state index in [0.29, 0.717) is 16.1 Å². The van der Waals surface area contributed by atoms with Crippen molar-refractivity contribution in [2.24, 2.45) is 0 Å². The topological polar surface area (TPSA) is 89.0 Å². The Kier molecular flexibility index (Phi) is 5.31. The smallest absolute Gasteiger partial charge is 0.258 e. The molecular weight excluding hydrogens is 430 g/mol. The molecule has 1 N–H and O–H groups in total. The molecule has 4 rings (SSSR count). The number of aromatic nitrogens is 2. The maximum Gasteiger partial charge on any atom is 0.258 e. The van der Waals surface area contributed by atoms with Gasteiger partial charge in [0.1, 0.15) is 0 Å². The Morgan fingerprint density at radius 3 is 2.52 bits per heavy atom. The molecule has 146 valence electrons. The normalized spacial score (nSPS) is 11.5. The molecule has 0 aliphatic carbocycles. The first-order chi connectivity index (χ1) is 13.9. The summed E-state index contributed by atoms with van der Waals surface area (Å²) < 4.78 is 25.1. The zero-order valence-corrected chi connectivity index (χ0v) is 17.3. The summed E-state index contributed by atoms with van der Waals surface area (Å²) in [6, 6.07) is 19.6. The van der Waals surface area contributed by atoms with Crippen molar-refractivity contribution in [3.8, 4) is 0 Å². The summed E-state index contributed by atoms with van der Waals surface area (Å²) in [5.74, 6) is -0.675. The van der Waals surface area contributed by atoms with E-state index in [1.54, 1.807) is 36.4 Å². The third-order valence-electron chi connectivity index (χ3n) is 4.23. The van der Waals surface area contributed by atoms with Gasteiger partial charge in [0.15, 0.2) is 0 Å². The van der Waals surface area contributed by atoms with Crippen LogP contribution in [-0.2, 0) is 15.6 Å². The van der Waals surface area contributed by atoms with Gasteiger partial charge in [-0.25, -0.2) is 8.42 Å². The monoisotopic (exact) mass is 443 g/mol. The minimum absolute atomic E-state index is 0.112. The number of anilines is 1. The molecule has 6 nitrogen and oxygen atoms in total. The van der Waals surface area contributed by atoms with Gasteiger partial charge < -0.3 is 0 Å². The SMILES string of the molecule is O=C(Nc1nnc(S(=O)(=O)Cc2ccccc2Cl)s1)c1cccc2ccccc12. The molecule has 0 aliphatic heterocycles. The minimum Gasteiger partial charge on any atom is -0.296 e. The fourth-order valence-corrected chi connectivity index (χ4v) is 5.48. The fourth-order valence-electron chi connectivity index (χ4n) is 2.86. The maximum absolute atomic E-state index is 12.7. The molecule has 0 atom stereocenters. The van der Waals surface area contributed by atoms with Gasteiger partial charge in [-0.05, 0) is 28.5 Å². The number of halogens is 1. The molecule has 1 amide bonds. The number of benzene rings is 3. The molecule has 1 aromatic heterocycles. The number of carbonyl (C=O) groups is 1. The van der Waals surface area contributed by atoms with Crippen molar-refractivity contribution < 1.29 is 13.2 Å². The number of hydrogen-bond acceptors (Lipinski definition) is 6. The van der Waals surface area contributed by atoms with Crippen molar-refractivity contribution in [2.75, 3.05) is 5.32 Å². The van der Waals surface area contributed by atoms with E-state index in [4.69, 9.17) is 11.6 Å². The van der Waals surface area contributed by atoms with Crippen LogP contribution < -0.4 is 5.32 Å². The van der Waals surface area contributed by atoms with E-state index in [-0.39, 0.29) is 21.1 Å². The predicted molar refractivity (Wildman–Crippen MR) is 114 cm³/mol. The Labute approximate surface area is 176 Å². The molecule has 0 radical (unpaired) electrons. The molecule has 29 heavy (non-hydrogen) atoms. The van der Waals surface area contributed by atoms with Crippen LogP contribution in [0.4, 0.5) is 5.13 Å². The average Bonchev–Trinajstić information content (AvgIpc) is 3.18. The van der Waals surface area contributed by atoms with E-state index in [0.717, 1.165) is 22.1 Å². The molecule has 9 heteroatoms. The number of nitrogens with zero attached hydrogens (tertiary/aromatic N) is 2. The molecule has 4 aromatic rings. The lowest BCUT2D eigenvalue weighted by Gasteiger charge is -2.05. The molecule has 3 aromatic carbocycles. The van der Waals surface area contributed by atoms with Gasteiger partial charge >= 0.3 is 0 Å². The van der Waals surface area contributed by atoms with Crippen molar-refractivity contribution in [2.45, 2.75) is 10.1 Å². The van der Waals surface area contributed by atoms with E-state index < -0.39 is 9.84 Å². The van der Waals surface area contributed by atoms with Crippen molar-refractivity contribution >= 4 is 54.6 Å². The van der Waals surface area contributed by atoms with Crippen LogP contribution in [0, 0.1) is 0 Å². The minimum atomic E-state index is -3.74. The van der Waals surface area contributed by atoms with Gasteiger partial charge in [-0.2, -0.15) is 0 Å². The standard InChI is InChI=1S/C20H14ClN3O3S2/c21-17-11-4-2-7-14(17)12-29(26,27)20-24-23-19(28-20)22-18(25)16-10-5-8-13-6-1-3-9-15(13)16/h1-11H,12H2,(H,22,23,25). The third kappa shape index (κ3) is 4.14. The zero-order valence-electron chi connectivity index (χ0n) is 14.9. The summed E-state index contributed by atoms with van der Waals surface area (Å²) in [6.45, 7) is 0. The third-order valence-corrected chi connectivity index (χ3v) is 7.55. The Hall–Kier alpha value is -2.81. The van der Waals surface area contributed by atoms with Crippen molar-refractivity contribution in [1.29, 1.82) is 0 Å². The average molecular weight is 444 g/mol. The quantitative estimate of drug-likeness (QED) is 0.456. The first kappa shape index (κ1) is 19.5. The Morgan fingerprint density at radius 2 is 1.69 bits per heavy atom. The number of hydrogen-bond donors (Lipinski definition) is 1. The summed E-state index contributed by atoms with van der Waals surface area (Å²) in [6.07, 6.45) is 0. The maximum atomic E-state index is 12.7. The first-order valence-electron chi connectivity index (χ1n) is 8.53. The van der Waals surface area contributed by atoms with E-state index in [9.17, 15) is 13.2 Å². The zero-order chi connectivity index (χ0) is 20.4. The number of nitrogens with one attached hydrogen (secondary N) is 1. The van der Waals surface area contributed by atoms with Crippen molar-refractivity contribution in [1.82, 2.24) is 10.2 Å². The van der Waals surface area contributed by atoms with E-state index in [1.807, 2.05) is 30.3 Å². The van der Waals surface area contributed by atoms with E-state index in [1.165, 1.54) is 0 Å². The summed E-state index contributed by atoms with van der Waals surface area (Å²) in [5.41, 5.74) is 0.949. The number of sulfone groups is 1. The highest BCUT2D eigenvalue weighted by Gasteiger charge is 2.23. The summed E-state index contributed by atoms with van der Waals surface area (Å²) in [7, 11) is -3.74. The second-order valence-corrected chi connectivity index (χ2v) is 9.75. The van der Waals surface area contributed by atoms with Gasteiger partial charge in [-0.15, -0.1) is 10.2 Å². The fraction of sp³-hybridized carbons (Fsp3) is 0.0500. The molecular formula is C20H14ClN3O3S2. The predicted octanol–water partition coefficient (Wildman–Crippen LogP) is 4.57. The van der Waals surface area contributed by atoms with Gasteiger partial charge in [0.05, 0.1) is 5.75 Å². The number of amides is 1. The van der Waals surface area contributed by atoms with Crippen LogP contribution in [0.1, 0.15) is 15.9 Å². The molecule has 0 aliphatic rings. The highest BCUT2D eigenvalue weighted by Crippen LogP contribution is 2.27. The lowest BCUT2D eigenvalue weighted by atomic mass is 10.0. The molecule has 0 saturated heterocycles. The highest BCUT2D eigenvalue weighted by atomic mass is 35.5. The Bertz CT molecular complexity index is 1310. The van der Waals surface area contributed by atoms with Gasteiger partial charge in [-0.1, -0.05) is 77.5 Å². The van der Waals surface area contributed by atoms with Gasteiger partial charge in [0.2, 0.25) is 19.3 Å². The lowest BCUT2D eigenvalue weighted by molar-refractivity contribution is 0.102. The molecule has 1 heterocycles. The van der Waals surface area contributed by atoms with Crippen LogP contribution in [0.2, 0.25) is 5.02 Å². The van der Waals surface area contributed by atoms with Crippen LogP contribution in [0.25, 0.3) is 10.8 Å². The van der Waals surface area contributed by atoms with Crippen molar-refractivity contribution in [3.63, 3.8) is 0 Å². The molecule has 0 bridgehead atoms.